The molecule has 0 aromatic rings. The first-order valence-electron chi connectivity index (χ1n) is 4.90. The van der Waals surface area contributed by atoms with E-state index in [9.17, 15) is 43.2 Å². The molecule has 0 aromatic carbocycles. The van der Waals surface area contributed by atoms with Gasteiger partial charge in [-0.25, -0.2) is 16.8 Å². The van der Waals surface area contributed by atoms with Gasteiger partial charge in [0.25, 0.3) is 19.7 Å². The van der Waals surface area contributed by atoms with Gasteiger partial charge < -0.3 is 0 Å². The zero-order valence-corrected chi connectivity index (χ0v) is 11.4. The van der Waals surface area contributed by atoms with Crippen molar-refractivity contribution in [3.63, 3.8) is 0 Å². The van der Waals surface area contributed by atoms with Crippen LogP contribution in [-0.2, 0) is 19.7 Å². The third-order valence-electron chi connectivity index (χ3n) is 2.24. The molecule has 1 aliphatic carbocycles. The van der Waals surface area contributed by atoms with E-state index in [2.05, 4.69) is 0 Å². The number of hydrogen-bond donors (Lipinski definition) is 0. The molecule has 0 N–H and O–H groups in total. The van der Waals surface area contributed by atoms with Crippen LogP contribution in [0.5, 0.6) is 0 Å². The van der Waals surface area contributed by atoms with Crippen molar-refractivity contribution in [3.8, 4) is 0 Å². The molecule has 0 fully saturated rings. The molecule has 120 valence electrons. The summed E-state index contributed by atoms with van der Waals surface area (Å²) < 4.78 is 117. The highest BCUT2D eigenvalue weighted by molar-refractivity contribution is 7.96. The molecule has 0 saturated carbocycles. The first-order valence-corrected chi connectivity index (χ1v) is 7.93. The highest BCUT2D eigenvalue weighted by Gasteiger charge is 2.48. The predicted molar refractivity (Wildman–Crippen MR) is 59.9 cm³/mol. The summed E-state index contributed by atoms with van der Waals surface area (Å²) in [6, 6.07) is 0. The van der Waals surface area contributed by atoms with Gasteiger partial charge in [-0.15, -0.1) is 0 Å². The van der Waals surface area contributed by atoms with Crippen LogP contribution in [0, 0.1) is 0 Å². The smallest absolute Gasteiger partial charge is 0.215 e. The Labute approximate surface area is 115 Å². The van der Waals surface area contributed by atoms with Gasteiger partial charge >= 0.3 is 11.0 Å². The summed E-state index contributed by atoms with van der Waals surface area (Å²) in [5.41, 5.74) is -11.6. The van der Waals surface area contributed by atoms with Gasteiger partial charge in [0.2, 0.25) is 0 Å². The Morgan fingerprint density at radius 1 is 0.905 bits per heavy atom. The number of alkyl halides is 6. The standard InChI is InChI=1S/C9H6F6O4S2/c10-8(11,12)20(16,17)5-6-1-3-7(4-2-6)21(18,19)9(13,14)15/h1,3-5H,2H2/b6-5+. The minimum absolute atomic E-state index is 0.170. The van der Waals surface area contributed by atoms with Crippen molar-refractivity contribution in [3.05, 3.63) is 34.1 Å². The Hall–Kier alpha value is -1.30. The van der Waals surface area contributed by atoms with E-state index in [0.29, 0.717) is 18.2 Å². The topological polar surface area (TPSA) is 68.3 Å². The molecule has 0 amide bonds. The van der Waals surface area contributed by atoms with Gasteiger partial charge in [0.05, 0.1) is 4.91 Å². The molecule has 1 aliphatic rings. The highest BCUT2D eigenvalue weighted by Crippen LogP contribution is 2.33. The van der Waals surface area contributed by atoms with Crippen LogP contribution in [-0.4, -0.2) is 27.9 Å². The fourth-order valence-electron chi connectivity index (χ4n) is 1.23. The van der Waals surface area contributed by atoms with Crippen LogP contribution in [0.15, 0.2) is 34.1 Å². The van der Waals surface area contributed by atoms with E-state index in [-0.39, 0.29) is 5.41 Å². The second-order valence-electron chi connectivity index (χ2n) is 3.78. The van der Waals surface area contributed by atoms with Gasteiger partial charge in [-0.2, -0.15) is 26.3 Å². The normalized spacial score (nSPS) is 19.7. The van der Waals surface area contributed by atoms with Gasteiger partial charge in [0.1, 0.15) is 0 Å². The molecule has 0 aromatic heterocycles. The molecule has 12 heteroatoms. The fourth-order valence-corrected chi connectivity index (χ4v) is 2.75. The summed E-state index contributed by atoms with van der Waals surface area (Å²) in [7, 11) is -11.2. The number of hydrogen-bond acceptors (Lipinski definition) is 4. The Bertz CT molecular complexity index is 719. The summed E-state index contributed by atoms with van der Waals surface area (Å²) in [6.45, 7) is 0. The summed E-state index contributed by atoms with van der Waals surface area (Å²) in [4.78, 5) is -1.16. The minimum Gasteiger partial charge on any atom is -0.215 e. The molecule has 0 unspecified atom stereocenters. The molecule has 0 aliphatic heterocycles. The van der Waals surface area contributed by atoms with Gasteiger partial charge in [-0.1, -0.05) is 12.2 Å². The van der Waals surface area contributed by atoms with E-state index in [1.54, 1.807) is 0 Å². The van der Waals surface area contributed by atoms with E-state index in [1.807, 2.05) is 0 Å². The van der Waals surface area contributed by atoms with E-state index in [1.165, 1.54) is 0 Å². The van der Waals surface area contributed by atoms with Crippen LogP contribution >= 0.6 is 0 Å². The molecule has 0 atom stereocenters. The zero-order valence-electron chi connectivity index (χ0n) is 9.73. The number of rotatable bonds is 2. The molecule has 0 bridgehead atoms. The third kappa shape index (κ3) is 3.67. The van der Waals surface area contributed by atoms with Crippen molar-refractivity contribution in [1.82, 2.24) is 0 Å². The van der Waals surface area contributed by atoms with Crippen LogP contribution in [0.2, 0.25) is 0 Å². The minimum atomic E-state index is -5.62. The lowest BCUT2D eigenvalue weighted by molar-refractivity contribution is -0.0430. The average molecular weight is 356 g/mol. The Morgan fingerprint density at radius 2 is 1.43 bits per heavy atom. The van der Waals surface area contributed by atoms with Crippen LogP contribution in [0.25, 0.3) is 0 Å². The first-order chi connectivity index (χ1) is 9.18. The third-order valence-corrected chi connectivity index (χ3v) is 5.04. The molecule has 0 heterocycles. The van der Waals surface area contributed by atoms with E-state index in [0.717, 1.165) is 0 Å². The molecular formula is C9H6F6O4S2. The van der Waals surface area contributed by atoms with E-state index < -0.39 is 47.6 Å². The predicted octanol–water partition coefficient (Wildman–Crippen LogP) is 2.58. The van der Waals surface area contributed by atoms with Gasteiger partial charge in [-0.3, -0.25) is 0 Å². The van der Waals surface area contributed by atoms with Crippen molar-refractivity contribution in [1.29, 1.82) is 0 Å². The summed E-state index contributed by atoms with van der Waals surface area (Å²) >= 11 is 0. The lowest BCUT2D eigenvalue weighted by Crippen LogP contribution is -2.24. The quantitative estimate of drug-likeness (QED) is 0.713. The highest BCUT2D eigenvalue weighted by atomic mass is 32.2. The maximum Gasteiger partial charge on any atom is 0.501 e. The molecule has 21 heavy (non-hydrogen) atoms. The maximum atomic E-state index is 12.2. The number of halogens is 6. The second-order valence-corrected chi connectivity index (χ2v) is 7.51. The number of allylic oxidation sites excluding steroid dienone is 4. The largest absolute Gasteiger partial charge is 0.501 e. The van der Waals surface area contributed by atoms with Gasteiger partial charge in [-0.05, 0) is 18.1 Å². The van der Waals surface area contributed by atoms with E-state index >= 15 is 0 Å². The Balaban J connectivity index is 3.10. The molecule has 0 saturated heterocycles. The van der Waals surface area contributed by atoms with Gasteiger partial charge in [0.15, 0.2) is 0 Å². The molecular weight excluding hydrogens is 350 g/mol. The number of sulfone groups is 2. The fraction of sp³-hybridized carbons (Fsp3) is 0.333. The maximum absolute atomic E-state index is 12.2. The Morgan fingerprint density at radius 3 is 1.76 bits per heavy atom. The Kier molecular flexibility index (Phi) is 4.36. The van der Waals surface area contributed by atoms with Crippen molar-refractivity contribution >= 4 is 19.7 Å². The van der Waals surface area contributed by atoms with Gasteiger partial charge in [0, 0.05) is 5.41 Å². The molecule has 1 rings (SSSR count). The van der Waals surface area contributed by atoms with Crippen LogP contribution in [0.1, 0.15) is 6.42 Å². The van der Waals surface area contributed by atoms with Crippen LogP contribution in [0.4, 0.5) is 26.3 Å². The lowest BCUT2D eigenvalue weighted by Gasteiger charge is -2.12. The van der Waals surface area contributed by atoms with E-state index in [4.69, 9.17) is 0 Å². The summed E-state index contributed by atoms with van der Waals surface area (Å²) in [5, 5.41) is -0.170. The lowest BCUT2D eigenvalue weighted by atomic mass is 10.1. The monoisotopic (exact) mass is 356 g/mol. The van der Waals surface area contributed by atoms with Crippen LogP contribution < -0.4 is 0 Å². The van der Waals surface area contributed by atoms with Crippen molar-refractivity contribution in [2.75, 3.05) is 0 Å². The van der Waals surface area contributed by atoms with Crippen LogP contribution in [0.3, 0.4) is 0 Å². The average Bonchev–Trinajstić information content (AvgIpc) is 2.26. The SMILES string of the molecule is O=S(=O)(/C=C1\C=CC(S(=O)(=O)C(F)(F)F)=CC1)C(F)(F)F. The molecule has 0 spiro atoms. The molecule has 0 radical (unpaired) electrons. The zero-order chi connectivity index (χ0) is 16.7. The van der Waals surface area contributed by atoms with Crippen molar-refractivity contribution in [2.45, 2.75) is 17.4 Å². The molecule has 4 nitrogen and oxygen atoms in total. The summed E-state index contributed by atoms with van der Waals surface area (Å²) in [5.74, 6) is 0. The van der Waals surface area contributed by atoms with Crippen molar-refractivity contribution < 1.29 is 43.2 Å². The summed E-state index contributed by atoms with van der Waals surface area (Å²) in [6.07, 6.45) is 0.753. The first kappa shape index (κ1) is 17.8. The second kappa shape index (κ2) is 5.16. The van der Waals surface area contributed by atoms with Crippen molar-refractivity contribution in [2.24, 2.45) is 0 Å².